The Morgan fingerprint density at radius 1 is 1.19 bits per heavy atom. The highest BCUT2D eigenvalue weighted by molar-refractivity contribution is 5.88. The SMILES string of the molecule is CCOC(=O)C(CCc1ccccc1)NC(C)C(=O)N1C(C(=O)O)C[C@H]2CCCC[C@@H]21. The summed E-state index contributed by atoms with van der Waals surface area (Å²) in [5.74, 6) is -1.31. The van der Waals surface area contributed by atoms with E-state index in [2.05, 4.69) is 5.32 Å². The second-order valence-electron chi connectivity index (χ2n) is 8.66. The number of carboxylic acids is 1. The maximum absolute atomic E-state index is 13.4. The molecule has 31 heavy (non-hydrogen) atoms. The van der Waals surface area contributed by atoms with Gasteiger partial charge in [-0.05, 0) is 57.4 Å². The molecule has 7 heteroatoms. The largest absolute Gasteiger partial charge is 0.480 e. The molecule has 170 valence electrons. The number of benzene rings is 1. The molecule has 1 saturated carbocycles. The lowest BCUT2D eigenvalue weighted by molar-refractivity contribution is -0.152. The average molecular weight is 431 g/mol. The molecule has 5 atom stereocenters. The summed E-state index contributed by atoms with van der Waals surface area (Å²) in [6.45, 7) is 3.74. The molecule has 1 amide bonds. The number of nitrogens with zero attached hydrogens (tertiary/aromatic N) is 1. The Balaban J connectivity index is 1.70. The molecule has 1 heterocycles. The third-order valence-corrected chi connectivity index (χ3v) is 6.58. The molecule has 3 unspecified atom stereocenters. The molecule has 1 aromatic rings. The van der Waals surface area contributed by atoms with Crippen LogP contribution in [0.1, 0.15) is 57.9 Å². The van der Waals surface area contributed by atoms with Crippen molar-refractivity contribution < 1.29 is 24.2 Å². The molecule has 2 aliphatic rings. The standard InChI is InChI=1S/C24H34N2O5/c1-3-31-24(30)19(14-13-17-9-5-4-6-10-17)25-16(2)22(27)26-20-12-8-7-11-18(20)15-21(26)23(28)29/h4-6,9-10,16,18-21,25H,3,7-8,11-15H2,1-2H3,(H,28,29)/t16?,18-,19?,20+,21?/m1/s1. The Bertz CT molecular complexity index is 768. The monoisotopic (exact) mass is 430 g/mol. The van der Waals surface area contributed by atoms with E-state index in [4.69, 9.17) is 4.74 Å². The molecule has 2 fully saturated rings. The van der Waals surface area contributed by atoms with Crippen LogP contribution in [0.25, 0.3) is 0 Å². The lowest BCUT2D eigenvalue weighted by atomic mass is 9.84. The van der Waals surface area contributed by atoms with Crippen molar-refractivity contribution in [3.63, 3.8) is 0 Å². The van der Waals surface area contributed by atoms with Crippen molar-refractivity contribution in [2.24, 2.45) is 5.92 Å². The summed E-state index contributed by atoms with van der Waals surface area (Å²) in [6.07, 6.45) is 5.62. The minimum Gasteiger partial charge on any atom is -0.480 e. The van der Waals surface area contributed by atoms with Crippen LogP contribution in [0.4, 0.5) is 0 Å². The van der Waals surface area contributed by atoms with Gasteiger partial charge in [0.1, 0.15) is 12.1 Å². The number of aryl methyl sites for hydroxylation is 1. The lowest BCUT2D eigenvalue weighted by Crippen LogP contribution is -2.55. The molecule has 1 saturated heterocycles. The first-order valence-corrected chi connectivity index (χ1v) is 11.4. The predicted octanol–water partition coefficient (Wildman–Crippen LogP) is 2.77. The van der Waals surface area contributed by atoms with E-state index in [0.29, 0.717) is 19.3 Å². The van der Waals surface area contributed by atoms with Crippen molar-refractivity contribution in [1.82, 2.24) is 10.2 Å². The fraction of sp³-hybridized carbons (Fsp3) is 0.625. The van der Waals surface area contributed by atoms with Crippen molar-refractivity contribution in [2.75, 3.05) is 6.61 Å². The fourth-order valence-corrected chi connectivity index (χ4v) is 5.06. The first-order chi connectivity index (χ1) is 14.9. The van der Waals surface area contributed by atoms with Gasteiger partial charge in [-0.2, -0.15) is 0 Å². The summed E-state index contributed by atoms with van der Waals surface area (Å²) < 4.78 is 5.22. The Morgan fingerprint density at radius 3 is 2.58 bits per heavy atom. The van der Waals surface area contributed by atoms with Gasteiger partial charge < -0.3 is 14.7 Å². The van der Waals surface area contributed by atoms with E-state index in [1.807, 2.05) is 30.3 Å². The van der Waals surface area contributed by atoms with E-state index >= 15 is 0 Å². The van der Waals surface area contributed by atoms with Crippen LogP contribution < -0.4 is 5.32 Å². The number of hydrogen-bond acceptors (Lipinski definition) is 5. The van der Waals surface area contributed by atoms with Gasteiger partial charge >= 0.3 is 11.9 Å². The maximum Gasteiger partial charge on any atom is 0.326 e. The molecule has 0 bridgehead atoms. The van der Waals surface area contributed by atoms with Gasteiger partial charge in [0.05, 0.1) is 12.6 Å². The number of carbonyl (C=O) groups excluding carboxylic acids is 2. The van der Waals surface area contributed by atoms with Crippen LogP contribution in [0.5, 0.6) is 0 Å². The lowest BCUT2D eigenvalue weighted by Gasteiger charge is -2.35. The van der Waals surface area contributed by atoms with E-state index < -0.39 is 24.1 Å². The fourth-order valence-electron chi connectivity index (χ4n) is 5.06. The number of nitrogens with one attached hydrogen (secondary N) is 1. The third kappa shape index (κ3) is 5.64. The molecule has 0 aromatic heterocycles. The first-order valence-electron chi connectivity index (χ1n) is 11.4. The summed E-state index contributed by atoms with van der Waals surface area (Å²) in [6, 6.07) is 7.75. The first kappa shape index (κ1) is 23.3. The Kier molecular flexibility index (Phi) is 8.07. The Hall–Kier alpha value is -2.41. The van der Waals surface area contributed by atoms with Gasteiger partial charge in [0.2, 0.25) is 5.91 Å². The van der Waals surface area contributed by atoms with Crippen LogP contribution in [-0.2, 0) is 25.5 Å². The average Bonchev–Trinajstić information content (AvgIpc) is 3.16. The summed E-state index contributed by atoms with van der Waals surface area (Å²) >= 11 is 0. The second-order valence-corrected chi connectivity index (χ2v) is 8.66. The van der Waals surface area contributed by atoms with Crippen LogP contribution in [0.2, 0.25) is 0 Å². The van der Waals surface area contributed by atoms with Crippen LogP contribution in [-0.4, -0.2) is 58.6 Å². The number of rotatable bonds is 9. The van der Waals surface area contributed by atoms with Crippen LogP contribution in [0, 0.1) is 5.92 Å². The number of fused-ring (bicyclic) bond motifs is 1. The van der Waals surface area contributed by atoms with Gasteiger partial charge in [0.25, 0.3) is 0 Å². The van der Waals surface area contributed by atoms with Crippen molar-refractivity contribution in [2.45, 2.75) is 83.0 Å². The summed E-state index contributed by atoms with van der Waals surface area (Å²) in [5, 5.41) is 12.9. The van der Waals surface area contributed by atoms with Gasteiger partial charge in [-0.1, -0.05) is 43.2 Å². The van der Waals surface area contributed by atoms with Gasteiger partial charge in [0, 0.05) is 6.04 Å². The van der Waals surface area contributed by atoms with E-state index in [9.17, 15) is 19.5 Å². The summed E-state index contributed by atoms with van der Waals surface area (Å²) in [7, 11) is 0. The van der Waals surface area contributed by atoms with Crippen molar-refractivity contribution >= 4 is 17.8 Å². The number of likely N-dealkylation sites (tertiary alicyclic amines) is 1. The topological polar surface area (TPSA) is 95.9 Å². The molecular formula is C24H34N2O5. The quantitative estimate of drug-likeness (QED) is 0.585. The zero-order valence-corrected chi connectivity index (χ0v) is 18.5. The van der Waals surface area contributed by atoms with E-state index in [0.717, 1.165) is 31.2 Å². The number of ether oxygens (including phenoxy) is 1. The number of esters is 1. The second kappa shape index (κ2) is 10.8. The van der Waals surface area contributed by atoms with Gasteiger partial charge in [-0.15, -0.1) is 0 Å². The zero-order valence-electron chi connectivity index (χ0n) is 18.5. The predicted molar refractivity (Wildman–Crippen MR) is 116 cm³/mol. The zero-order chi connectivity index (χ0) is 22.4. The number of carboxylic acid groups (broad SMARTS) is 1. The summed E-state index contributed by atoms with van der Waals surface area (Å²) in [4.78, 5) is 39.3. The normalized spacial score (nSPS) is 24.8. The van der Waals surface area contributed by atoms with Gasteiger partial charge in [-0.25, -0.2) is 4.79 Å². The van der Waals surface area contributed by atoms with Crippen LogP contribution >= 0.6 is 0 Å². The third-order valence-electron chi connectivity index (χ3n) is 6.58. The highest BCUT2D eigenvalue weighted by Crippen LogP contribution is 2.40. The number of carbonyl (C=O) groups is 3. The molecule has 2 N–H and O–H groups in total. The maximum atomic E-state index is 13.4. The molecule has 1 aliphatic heterocycles. The molecular weight excluding hydrogens is 396 g/mol. The van der Waals surface area contributed by atoms with Crippen LogP contribution in [0.15, 0.2) is 30.3 Å². The molecule has 1 aliphatic carbocycles. The highest BCUT2D eigenvalue weighted by Gasteiger charge is 2.48. The Labute approximate surface area is 184 Å². The van der Waals surface area contributed by atoms with Crippen molar-refractivity contribution in [3.05, 3.63) is 35.9 Å². The van der Waals surface area contributed by atoms with Gasteiger partial charge in [0.15, 0.2) is 0 Å². The van der Waals surface area contributed by atoms with Crippen molar-refractivity contribution in [3.8, 4) is 0 Å². The van der Waals surface area contributed by atoms with Crippen LogP contribution in [0.3, 0.4) is 0 Å². The highest BCUT2D eigenvalue weighted by atomic mass is 16.5. The van der Waals surface area contributed by atoms with E-state index in [1.54, 1.807) is 18.7 Å². The molecule has 1 aromatic carbocycles. The van der Waals surface area contributed by atoms with Crippen molar-refractivity contribution in [1.29, 1.82) is 0 Å². The van der Waals surface area contributed by atoms with E-state index in [-0.39, 0.29) is 30.4 Å². The van der Waals surface area contributed by atoms with Gasteiger partial charge in [-0.3, -0.25) is 14.9 Å². The summed E-state index contributed by atoms with van der Waals surface area (Å²) in [5.41, 5.74) is 1.10. The number of hydrogen-bond donors (Lipinski definition) is 2. The minimum absolute atomic E-state index is 0.0167. The number of aliphatic carboxylic acids is 1. The minimum atomic E-state index is -0.944. The van der Waals surface area contributed by atoms with E-state index in [1.165, 1.54) is 0 Å². The number of amides is 1. The smallest absolute Gasteiger partial charge is 0.326 e. The molecule has 0 spiro atoms. The molecule has 7 nitrogen and oxygen atoms in total. The Morgan fingerprint density at radius 2 is 1.90 bits per heavy atom. The molecule has 0 radical (unpaired) electrons. The molecule has 3 rings (SSSR count).